The number of esters is 1. The Morgan fingerprint density at radius 1 is 1.05 bits per heavy atom. The van der Waals surface area contributed by atoms with Crippen LogP contribution in [0.5, 0.6) is 0 Å². The van der Waals surface area contributed by atoms with Gasteiger partial charge in [-0.1, -0.05) is 41.0 Å². The summed E-state index contributed by atoms with van der Waals surface area (Å²) >= 11 is 0. The van der Waals surface area contributed by atoms with Crippen molar-refractivity contribution in [3.05, 3.63) is 0 Å². The minimum atomic E-state index is -0.475. The predicted molar refractivity (Wildman–Crippen MR) is 77.9 cm³/mol. The molecule has 0 amide bonds. The van der Waals surface area contributed by atoms with E-state index in [0.29, 0.717) is 6.42 Å². The summed E-state index contributed by atoms with van der Waals surface area (Å²) in [6.07, 6.45) is 1.25. The van der Waals surface area contributed by atoms with E-state index in [9.17, 15) is 9.59 Å². The van der Waals surface area contributed by atoms with E-state index in [2.05, 4.69) is 0 Å². The molecular formula is C16H30O3. The summed E-state index contributed by atoms with van der Waals surface area (Å²) in [6.45, 7) is 15.2. The van der Waals surface area contributed by atoms with Crippen LogP contribution in [0.3, 0.4) is 0 Å². The molecular weight excluding hydrogens is 240 g/mol. The minimum Gasteiger partial charge on any atom is -0.460 e. The van der Waals surface area contributed by atoms with Crippen molar-refractivity contribution in [2.45, 2.75) is 73.8 Å². The molecule has 0 aromatic heterocycles. The lowest BCUT2D eigenvalue weighted by Crippen LogP contribution is -2.33. The molecule has 2 unspecified atom stereocenters. The van der Waals surface area contributed by atoms with Crippen LogP contribution in [0, 0.1) is 17.3 Å². The number of carbonyl (C=O) groups excluding carboxylic acids is 2. The first-order valence-corrected chi connectivity index (χ1v) is 7.14. The fourth-order valence-corrected chi connectivity index (χ4v) is 1.81. The monoisotopic (exact) mass is 270 g/mol. The molecule has 0 N–H and O–H groups in total. The van der Waals surface area contributed by atoms with Crippen molar-refractivity contribution in [1.82, 2.24) is 0 Å². The van der Waals surface area contributed by atoms with E-state index in [1.165, 1.54) is 0 Å². The number of ether oxygens (including phenoxy) is 1. The first-order chi connectivity index (χ1) is 8.38. The summed E-state index contributed by atoms with van der Waals surface area (Å²) in [5.41, 5.74) is -0.821. The maximum absolute atomic E-state index is 12.1. The maximum Gasteiger partial charge on any atom is 0.309 e. The number of ketones is 1. The zero-order chi connectivity index (χ0) is 15.4. The van der Waals surface area contributed by atoms with Gasteiger partial charge in [-0.3, -0.25) is 9.59 Å². The molecule has 3 heteroatoms. The van der Waals surface area contributed by atoms with Crippen LogP contribution in [0.15, 0.2) is 0 Å². The van der Waals surface area contributed by atoms with E-state index in [4.69, 9.17) is 4.74 Å². The Morgan fingerprint density at radius 2 is 1.53 bits per heavy atom. The van der Waals surface area contributed by atoms with Crippen molar-refractivity contribution in [2.24, 2.45) is 17.3 Å². The van der Waals surface area contributed by atoms with E-state index in [-0.39, 0.29) is 29.0 Å². The van der Waals surface area contributed by atoms with Gasteiger partial charge in [0, 0.05) is 11.8 Å². The summed E-state index contributed by atoms with van der Waals surface area (Å²) in [5, 5.41) is 0. The Bertz CT molecular complexity index is 318. The standard InChI is InChI=1S/C16H30O3/c1-9-12(10-13(17)15(3,4)5)11(2)14(18)19-16(6,7)8/h11-12H,9-10H2,1-8H3. The van der Waals surface area contributed by atoms with Gasteiger partial charge in [0.15, 0.2) is 0 Å². The van der Waals surface area contributed by atoms with E-state index >= 15 is 0 Å². The van der Waals surface area contributed by atoms with Gasteiger partial charge in [-0.25, -0.2) is 0 Å². The molecule has 0 bridgehead atoms. The Kier molecular flexibility index (Phi) is 6.24. The van der Waals surface area contributed by atoms with Crippen LogP contribution in [0.2, 0.25) is 0 Å². The third kappa shape index (κ3) is 6.74. The molecule has 19 heavy (non-hydrogen) atoms. The third-order valence-corrected chi connectivity index (χ3v) is 3.29. The SMILES string of the molecule is CCC(CC(=O)C(C)(C)C)C(C)C(=O)OC(C)(C)C. The molecule has 3 nitrogen and oxygen atoms in total. The van der Waals surface area contributed by atoms with Crippen LogP contribution in [0.25, 0.3) is 0 Å². The van der Waals surface area contributed by atoms with Crippen molar-refractivity contribution in [2.75, 3.05) is 0 Å². The molecule has 0 saturated carbocycles. The van der Waals surface area contributed by atoms with E-state index < -0.39 is 5.60 Å². The number of carbonyl (C=O) groups is 2. The van der Waals surface area contributed by atoms with Gasteiger partial charge in [0.05, 0.1) is 5.92 Å². The fourth-order valence-electron chi connectivity index (χ4n) is 1.81. The van der Waals surface area contributed by atoms with Gasteiger partial charge in [-0.2, -0.15) is 0 Å². The molecule has 2 atom stereocenters. The van der Waals surface area contributed by atoms with Crippen LogP contribution in [0.4, 0.5) is 0 Å². The average molecular weight is 270 g/mol. The second-order valence-electron chi connectivity index (χ2n) is 7.37. The summed E-state index contributed by atoms with van der Waals surface area (Å²) in [4.78, 5) is 24.2. The summed E-state index contributed by atoms with van der Waals surface area (Å²) in [5.74, 6) is -0.187. The lowest BCUT2D eigenvalue weighted by Gasteiger charge is -2.27. The summed E-state index contributed by atoms with van der Waals surface area (Å²) in [6, 6.07) is 0. The molecule has 0 spiro atoms. The van der Waals surface area contributed by atoms with Gasteiger partial charge in [0.25, 0.3) is 0 Å². The zero-order valence-electron chi connectivity index (χ0n) is 13.8. The van der Waals surface area contributed by atoms with Crippen molar-refractivity contribution >= 4 is 11.8 Å². The van der Waals surface area contributed by atoms with Crippen molar-refractivity contribution in [3.63, 3.8) is 0 Å². The van der Waals surface area contributed by atoms with Crippen molar-refractivity contribution in [1.29, 1.82) is 0 Å². The molecule has 0 aliphatic carbocycles. The number of Topliss-reactive ketones (excluding diaryl/α,β-unsaturated/α-hetero) is 1. The van der Waals surface area contributed by atoms with Gasteiger partial charge >= 0.3 is 5.97 Å². The smallest absolute Gasteiger partial charge is 0.309 e. The lowest BCUT2D eigenvalue weighted by atomic mass is 9.80. The molecule has 0 fully saturated rings. The summed E-state index contributed by atoms with van der Waals surface area (Å²) in [7, 11) is 0. The highest BCUT2D eigenvalue weighted by molar-refractivity contribution is 5.84. The normalized spacial score (nSPS) is 15.8. The van der Waals surface area contributed by atoms with Crippen LogP contribution < -0.4 is 0 Å². The molecule has 0 aliphatic heterocycles. The molecule has 0 rings (SSSR count). The van der Waals surface area contributed by atoms with E-state index in [1.54, 1.807) is 0 Å². The lowest BCUT2D eigenvalue weighted by molar-refractivity contribution is -0.161. The molecule has 112 valence electrons. The minimum absolute atomic E-state index is 0.0570. The Hall–Kier alpha value is -0.860. The summed E-state index contributed by atoms with van der Waals surface area (Å²) < 4.78 is 5.40. The molecule has 0 saturated heterocycles. The predicted octanol–water partition coefficient (Wildman–Crippen LogP) is 4.00. The average Bonchev–Trinajstić information content (AvgIpc) is 2.20. The first kappa shape index (κ1) is 18.1. The van der Waals surface area contributed by atoms with E-state index in [1.807, 2.05) is 55.4 Å². The Labute approximate surface area is 118 Å². The van der Waals surface area contributed by atoms with Crippen LogP contribution in [-0.4, -0.2) is 17.4 Å². The largest absolute Gasteiger partial charge is 0.460 e. The fraction of sp³-hybridized carbons (Fsp3) is 0.875. The van der Waals surface area contributed by atoms with Gasteiger partial charge < -0.3 is 4.74 Å². The number of rotatable bonds is 5. The Balaban J connectivity index is 4.69. The quantitative estimate of drug-likeness (QED) is 0.709. The Morgan fingerprint density at radius 3 is 1.84 bits per heavy atom. The van der Waals surface area contributed by atoms with Gasteiger partial charge in [0.2, 0.25) is 0 Å². The molecule has 0 aromatic rings. The van der Waals surface area contributed by atoms with Crippen LogP contribution in [-0.2, 0) is 14.3 Å². The second-order valence-corrected chi connectivity index (χ2v) is 7.37. The highest BCUT2D eigenvalue weighted by Crippen LogP contribution is 2.27. The van der Waals surface area contributed by atoms with Crippen LogP contribution >= 0.6 is 0 Å². The van der Waals surface area contributed by atoms with Crippen molar-refractivity contribution < 1.29 is 14.3 Å². The van der Waals surface area contributed by atoms with Gasteiger partial charge in [-0.15, -0.1) is 0 Å². The topological polar surface area (TPSA) is 43.4 Å². The number of hydrogen-bond donors (Lipinski definition) is 0. The molecule has 0 radical (unpaired) electrons. The van der Waals surface area contributed by atoms with Gasteiger partial charge in [0.1, 0.15) is 11.4 Å². The van der Waals surface area contributed by atoms with Crippen LogP contribution in [0.1, 0.15) is 68.2 Å². The van der Waals surface area contributed by atoms with Gasteiger partial charge in [-0.05, 0) is 26.7 Å². The molecule has 0 aliphatic rings. The highest BCUT2D eigenvalue weighted by atomic mass is 16.6. The highest BCUT2D eigenvalue weighted by Gasteiger charge is 2.31. The second kappa shape index (κ2) is 6.53. The first-order valence-electron chi connectivity index (χ1n) is 7.14. The third-order valence-electron chi connectivity index (χ3n) is 3.29. The molecule has 0 heterocycles. The maximum atomic E-state index is 12.1. The zero-order valence-corrected chi connectivity index (χ0v) is 13.8. The van der Waals surface area contributed by atoms with E-state index in [0.717, 1.165) is 6.42 Å². The molecule has 0 aromatic carbocycles. The number of hydrogen-bond acceptors (Lipinski definition) is 3. The van der Waals surface area contributed by atoms with Crippen molar-refractivity contribution in [3.8, 4) is 0 Å².